The number of nitrogens with zero attached hydrogens (tertiary/aromatic N) is 1. The Bertz CT molecular complexity index is 509. The quantitative estimate of drug-likeness (QED) is 0.573. The van der Waals surface area contributed by atoms with Crippen LogP contribution in [0.1, 0.15) is 23.2 Å². The van der Waals surface area contributed by atoms with Crippen LogP contribution in [-0.2, 0) is 9.53 Å². The second kappa shape index (κ2) is 6.73. The highest BCUT2D eigenvalue weighted by Gasteiger charge is 2.28. The molecule has 1 amide bonds. The van der Waals surface area contributed by atoms with Crippen molar-refractivity contribution in [3.05, 3.63) is 29.8 Å². The number of hydrogen-bond acceptors (Lipinski definition) is 5. The zero-order chi connectivity index (χ0) is 15.4. The molecular formula is C14H18BNO5. The van der Waals surface area contributed by atoms with Gasteiger partial charge in [0.25, 0.3) is 5.91 Å². The van der Waals surface area contributed by atoms with Crippen LogP contribution in [0.3, 0.4) is 0 Å². The SMILES string of the molecule is COC(=O)C1CCN(C(=O)c2ccc(B(O)O)cc2)CC1. The average molecular weight is 291 g/mol. The molecule has 112 valence electrons. The number of likely N-dealkylation sites (tertiary alicyclic amines) is 1. The topological polar surface area (TPSA) is 87.1 Å². The van der Waals surface area contributed by atoms with Crippen molar-refractivity contribution >= 4 is 24.5 Å². The van der Waals surface area contributed by atoms with Crippen LogP contribution in [-0.4, -0.2) is 54.1 Å². The van der Waals surface area contributed by atoms with E-state index in [9.17, 15) is 9.59 Å². The van der Waals surface area contributed by atoms with Crippen molar-refractivity contribution in [2.24, 2.45) is 5.92 Å². The van der Waals surface area contributed by atoms with Crippen LogP contribution in [0.4, 0.5) is 0 Å². The first-order chi connectivity index (χ1) is 10.0. The number of carbonyl (C=O) groups is 2. The summed E-state index contributed by atoms with van der Waals surface area (Å²) in [6.45, 7) is 1.03. The minimum atomic E-state index is -1.54. The van der Waals surface area contributed by atoms with E-state index in [1.54, 1.807) is 17.0 Å². The van der Waals surface area contributed by atoms with Crippen molar-refractivity contribution in [2.45, 2.75) is 12.8 Å². The van der Waals surface area contributed by atoms with Gasteiger partial charge in [0.05, 0.1) is 13.0 Å². The van der Waals surface area contributed by atoms with Crippen LogP contribution in [0, 0.1) is 5.92 Å². The molecule has 0 unspecified atom stereocenters. The summed E-state index contributed by atoms with van der Waals surface area (Å²) in [7, 11) is -0.165. The molecule has 1 aliphatic heterocycles. The van der Waals surface area contributed by atoms with Crippen LogP contribution in [0.25, 0.3) is 0 Å². The van der Waals surface area contributed by atoms with Gasteiger partial charge in [0.15, 0.2) is 0 Å². The fraction of sp³-hybridized carbons (Fsp3) is 0.429. The second-order valence-corrected chi connectivity index (χ2v) is 5.09. The number of carbonyl (C=O) groups excluding carboxylic acids is 2. The van der Waals surface area contributed by atoms with Crippen LogP contribution in [0.5, 0.6) is 0 Å². The van der Waals surface area contributed by atoms with E-state index in [1.165, 1.54) is 19.2 Å². The van der Waals surface area contributed by atoms with Crippen molar-refractivity contribution in [2.75, 3.05) is 20.2 Å². The standard InChI is InChI=1S/C14H18BNO5/c1-21-14(18)11-6-8-16(9-7-11)13(17)10-2-4-12(5-3-10)15(19)20/h2-5,11,19-20H,6-9H2,1H3. The smallest absolute Gasteiger partial charge is 0.469 e. The summed E-state index contributed by atoms with van der Waals surface area (Å²) < 4.78 is 4.72. The summed E-state index contributed by atoms with van der Waals surface area (Å²) in [6, 6.07) is 6.17. The van der Waals surface area contributed by atoms with Gasteiger partial charge in [-0.1, -0.05) is 12.1 Å². The first kappa shape index (κ1) is 15.5. The summed E-state index contributed by atoms with van der Waals surface area (Å²) in [4.78, 5) is 25.5. The Kier molecular flexibility index (Phi) is 4.98. The molecule has 2 N–H and O–H groups in total. The van der Waals surface area contributed by atoms with Crippen molar-refractivity contribution in [3.8, 4) is 0 Å². The normalized spacial score (nSPS) is 15.7. The molecule has 0 spiro atoms. The number of amides is 1. The molecule has 7 heteroatoms. The summed E-state index contributed by atoms with van der Waals surface area (Å²) in [6.07, 6.45) is 1.21. The third-order valence-electron chi connectivity index (χ3n) is 3.77. The molecule has 2 rings (SSSR count). The monoisotopic (exact) mass is 291 g/mol. The first-order valence-corrected chi connectivity index (χ1v) is 6.86. The largest absolute Gasteiger partial charge is 0.488 e. The molecule has 21 heavy (non-hydrogen) atoms. The Morgan fingerprint density at radius 2 is 1.76 bits per heavy atom. The molecule has 1 saturated heterocycles. The van der Waals surface area contributed by atoms with Crippen LogP contribution < -0.4 is 5.46 Å². The Hall–Kier alpha value is -1.86. The lowest BCUT2D eigenvalue weighted by molar-refractivity contribution is -0.146. The third kappa shape index (κ3) is 3.62. The third-order valence-corrected chi connectivity index (χ3v) is 3.77. The lowest BCUT2D eigenvalue weighted by Gasteiger charge is -2.30. The van der Waals surface area contributed by atoms with E-state index >= 15 is 0 Å². The van der Waals surface area contributed by atoms with Crippen molar-refractivity contribution in [1.82, 2.24) is 4.90 Å². The minimum Gasteiger partial charge on any atom is -0.469 e. The maximum atomic E-state index is 12.3. The number of hydrogen-bond donors (Lipinski definition) is 2. The van der Waals surface area contributed by atoms with E-state index in [-0.39, 0.29) is 17.8 Å². The molecule has 1 aromatic rings. The number of esters is 1. The van der Waals surface area contributed by atoms with Crippen molar-refractivity contribution in [1.29, 1.82) is 0 Å². The van der Waals surface area contributed by atoms with Gasteiger partial charge in [-0.25, -0.2) is 0 Å². The summed E-state index contributed by atoms with van der Waals surface area (Å²) in [5, 5.41) is 18.0. The zero-order valence-corrected chi connectivity index (χ0v) is 11.9. The molecule has 0 aliphatic carbocycles. The zero-order valence-electron chi connectivity index (χ0n) is 11.9. The van der Waals surface area contributed by atoms with Crippen molar-refractivity contribution in [3.63, 3.8) is 0 Å². The summed E-state index contributed by atoms with van der Waals surface area (Å²) in [5.74, 6) is -0.466. The Balaban J connectivity index is 1.97. The van der Waals surface area contributed by atoms with Crippen molar-refractivity contribution < 1.29 is 24.4 Å². The molecule has 1 aromatic carbocycles. The van der Waals surface area contributed by atoms with E-state index in [2.05, 4.69) is 0 Å². The molecule has 1 heterocycles. The maximum Gasteiger partial charge on any atom is 0.488 e. The maximum absolute atomic E-state index is 12.3. The highest BCUT2D eigenvalue weighted by Crippen LogP contribution is 2.20. The van der Waals surface area contributed by atoms with Gasteiger partial charge in [0, 0.05) is 18.7 Å². The predicted molar refractivity (Wildman–Crippen MR) is 76.9 cm³/mol. The van der Waals surface area contributed by atoms with Crippen LogP contribution in [0.2, 0.25) is 0 Å². The molecular weight excluding hydrogens is 273 g/mol. The highest BCUT2D eigenvalue weighted by atomic mass is 16.5. The van der Waals surface area contributed by atoms with E-state index < -0.39 is 7.12 Å². The summed E-state index contributed by atoms with van der Waals surface area (Å²) in [5.41, 5.74) is 0.840. The van der Waals surface area contributed by atoms with Gasteiger partial charge in [-0.2, -0.15) is 0 Å². The fourth-order valence-corrected chi connectivity index (χ4v) is 2.47. The van der Waals surface area contributed by atoms with E-state index in [0.29, 0.717) is 37.0 Å². The van der Waals surface area contributed by atoms with Gasteiger partial charge in [-0.05, 0) is 30.4 Å². The van der Waals surface area contributed by atoms with E-state index in [0.717, 1.165) is 0 Å². The Morgan fingerprint density at radius 3 is 2.24 bits per heavy atom. The highest BCUT2D eigenvalue weighted by molar-refractivity contribution is 6.58. The van der Waals surface area contributed by atoms with Gasteiger partial charge in [0.1, 0.15) is 0 Å². The average Bonchev–Trinajstić information content (AvgIpc) is 2.53. The van der Waals surface area contributed by atoms with Gasteiger partial charge in [0.2, 0.25) is 0 Å². The minimum absolute atomic E-state index is 0.114. The molecule has 0 aromatic heterocycles. The predicted octanol–water partition coefficient (Wildman–Crippen LogP) is -0.608. The van der Waals surface area contributed by atoms with E-state index in [1.807, 2.05) is 0 Å². The fourth-order valence-electron chi connectivity index (χ4n) is 2.47. The lowest BCUT2D eigenvalue weighted by Crippen LogP contribution is -2.40. The molecule has 0 saturated carbocycles. The number of methoxy groups -OCH3 is 1. The molecule has 0 atom stereocenters. The number of piperidine rings is 1. The first-order valence-electron chi connectivity index (χ1n) is 6.86. The van der Waals surface area contributed by atoms with Crippen LogP contribution in [0.15, 0.2) is 24.3 Å². The van der Waals surface area contributed by atoms with E-state index in [4.69, 9.17) is 14.8 Å². The van der Waals surface area contributed by atoms with Gasteiger partial charge in [-0.15, -0.1) is 0 Å². The molecule has 6 nitrogen and oxygen atoms in total. The summed E-state index contributed by atoms with van der Waals surface area (Å²) >= 11 is 0. The molecule has 0 radical (unpaired) electrons. The molecule has 1 fully saturated rings. The second-order valence-electron chi connectivity index (χ2n) is 5.09. The number of ether oxygens (including phenoxy) is 1. The van der Waals surface area contributed by atoms with Crippen LogP contribution >= 0.6 is 0 Å². The Labute approximate surface area is 123 Å². The van der Waals surface area contributed by atoms with Gasteiger partial charge in [-0.3, -0.25) is 9.59 Å². The lowest BCUT2D eigenvalue weighted by atomic mass is 9.80. The number of rotatable bonds is 3. The molecule has 1 aliphatic rings. The van der Waals surface area contributed by atoms with Gasteiger partial charge < -0.3 is 19.7 Å². The van der Waals surface area contributed by atoms with Gasteiger partial charge >= 0.3 is 13.1 Å². The number of benzene rings is 1. The Morgan fingerprint density at radius 1 is 1.19 bits per heavy atom. The molecule has 0 bridgehead atoms.